The Hall–Kier alpha value is -1.70. The number of ether oxygens (including phenoxy) is 1. The average Bonchev–Trinajstić information content (AvgIpc) is 3.03. The smallest absolute Gasteiger partial charge is 0.204 e. The molecule has 0 saturated carbocycles. The molecule has 3 rings (SSSR count). The summed E-state index contributed by atoms with van der Waals surface area (Å²) in [5.41, 5.74) is 0.922. The second kappa shape index (κ2) is 6.82. The molecule has 1 N–H and O–H groups in total. The van der Waals surface area contributed by atoms with E-state index in [1.54, 1.807) is 18.2 Å². The normalized spacial score (nSPS) is 10.8. The molecule has 9 heteroatoms. The quantitative estimate of drug-likeness (QED) is 0.670. The third kappa shape index (κ3) is 3.46. The Kier molecular flexibility index (Phi) is 4.79. The zero-order valence-corrected chi connectivity index (χ0v) is 14.5. The maximum atomic E-state index is 13.8. The fourth-order valence-electron chi connectivity index (χ4n) is 1.93. The zero-order chi connectivity index (χ0) is 16.4. The Labute approximate surface area is 148 Å². The van der Waals surface area contributed by atoms with Gasteiger partial charge in [-0.15, -0.1) is 10.2 Å². The van der Waals surface area contributed by atoms with Crippen molar-refractivity contribution in [3.63, 3.8) is 0 Å². The first kappa shape index (κ1) is 16.2. The molecule has 0 aliphatic heterocycles. The van der Waals surface area contributed by atoms with E-state index >= 15 is 0 Å². The van der Waals surface area contributed by atoms with Crippen LogP contribution in [0.1, 0.15) is 5.56 Å². The maximum absolute atomic E-state index is 13.8. The van der Waals surface area contributed by atoms with Gasteiger partial charge in [0.2, 0.25) is 5.82 Å². The van der Waals surface area contributed by atoms with Crippen LogP contribution in [0.4, 0.5) is 4.39 Å². The van der Waals surface area contributed by atoms with Crippen LogP contribution in [0.15, 0.2) is 34.8 Å². The van der Waals surface area contributed by atoms with Crippen molar-refractivity contribution in [2.24, 2.45) is 0 Å². The van der Waals surface area contributed by atoms with Crippen LogP contribution in [-0.2, 0) is 6.61 Å². The number of aromatic nitrogens is 4. The summed E-state index contributed by atoms with van der Waals surface area (Å²) in [5.74, 6) is 0.336. The van der Waals surface area contributed by atoms with Crippen LogP contribution in [0, 0.1) is 5.82 Å². The van der Waals surface area contributed by atoms with Gasteiger partial charge in [0.1, 0.15) is 12.4 Å². The molecule has 23 heavy (non-hydrogen) atoms. The lowest BCUT2D eigenvalue weighted by molar-refractivity contribution is 0.298. The van der Waals surface area contributed by atoms with Gasteiger partial charge in [-0.2, -0.15) is 5.21 Å². The van der Waals surface area contributed by atoms with E-state index in [4.69, 9.17) is 27.9 Å². The van der Waals surface area contributed by atoms with Crippen molar-refractivity contribution < 1.29 is 9.13 Å². The van der Waals surface area contributed by atoms with Crippen LogP contribution in [0.3, 0.4) is 0 Å². The summed E-state index contributed by atoms with van der Waals surface area (Å²) >= 11 is 15.6. The minimum Gasteiger partial charge on any atom is -0.486 e. The van der Waals surface area contributed by atoms with Crippen molar-refractivity contribution in [1.29, 1.82) is 0 Å². The Morgan fingerprint density at radius 2 is 2.04 bits per heavy atom. The SMILES string of the molecule is Fc1cccc(Cl)c1COc1c(Cl)cc(-c2nn[nH]n2)cc1Br. The molecule has 0 spiro atoms. The van der Waals surface area contributed by atoms with Crippen molar-refractivity contribution in [3.8, 4) is 17.1 Å². The van der Waals surface area contributed by atoms with Crippen LogP contribution < -0.4 is 4.74 Å². The Morgan fingerprint density at radius 1 is 1.22 bits per heavy atom. The highest BCUT2D eigenvalue weighted by atomic mass is 79.9. The number of nitrogens with zero attached hydrogens (tertiary/aromatic N) is 3. The molecule has 5 nitrogen and oxygen atoms in total. The molecule has 0 amide bonds. The van der Waals surface area contributed by atoms with E-state index in [2.05, 4.69) is 36.6 Å². The lowest BCUT2D eigenvalue weighted by atomic mass is 10.2. The molecule has 1 heterocycles. The molecule has 2 aromatic carbocycles. The molecule has 0 fully saturated rings. The lowest BCUT2D eigenvalue weighted by Gasteiger charge is -2.12. The molecular formula is C14H8BrCl2FN4O. The van der Waals surface area contributed by atoms with E-state index < -0.39 is 5.82 Å². The summed E-state index contributed by atoms with van der Waals surface area (Å²) in [6.45, 7) is -0.0502. The van der Waals surface area contributed by atoms with E-state index in [0.717, 1.165) is 0 Å². The van der Waals surface area contributed by atoms with Crippen molar-refractivity contribution in [3.05, 3.63) is 56.2 Å². The number of hydrogen-bond donors (Lipinski definition) is 1. The van der Waals surface area contributed by atoms with Gasteiger partial charge < -0.3 is 4.74 Å². The van der Waals surface area contributed by atoms with Gasteiger partial charge in [0.15, 0.2) is 5.75 Å². The number of nitrogens with one attached hydrogen (secondary N) is 1. The molecular weight excluding hydrogens is 410 g/mol. The van der Waals surface area contributed by atoms with Gasteiger partial charge in [-0.05, 0) is 45.4 Å². The minimum absolute atomic E-state index is 0.0502. The number of halogens is 4. The fraction of sp³-hybridized carbons (Fsp3) is 0.0714. The molecule has 118 valence electrons. The summed E-state index contributed by atoms with van der Waals surface area (Å²) in [6.07, 6.45) is 0. The minimum atomic E-state index is -0.437. The standard InChI is InChI=1S/C14H8BrCl2FN4O/c15-9-4-7(14-19-21-22-20-14)5-11(17)13(9)23-6-8-10(16)2-1-3-12(8)18/h1-5H,6H2,(H,19,20,21,22). The second-order valence-electron chi connectivity index (χ2n) is 4.49. The molecule has 0 atom stereocenters. The first-order valence-corrected chi connectivity index (χ1v) is 7.89. The van der Waals surface area contributed by atoms with Crippen molar-refractivity contribution in [1.82, 2.24) is 20.6 Å². The number of benzene rings is 2. The van der Waals surface area contributed by atoms with Crippen LogP contribution in [-0.4, -0.2) is 20.6 Å². The highest BCUT2D eigenvalue weighted by molar-refractivity contribution is 9.10. The monoisotopic (exact) mass is 416 g/mol. The average molecular weight is 418 g/mol. The zero-order valence-electron chi connectivity index (χ0n) is 11.4. The summed E-state index contributed by atoms with van der Waals surface area (Å²) in [5, 5.41) is 14.2. The highest BCUT2D eigenvalue weighted by Crippen LogP contribution is 2.37. The molecule has 0 aliphatic rings. The number of aromatic amines is 1. The number of tetrazole rings is 1. The van der Waals surface area contributed by atoms with Crippen LogP contribution >= 0.6 is 39.1 Å². The maximum Gasteiger partial charge on any atom is 0.204 e. The van der Waals surface area contributed by atoms with Gasteiger partial charge in [0.25, 0.3) is 0 Å². The molecule has 0 saturated heterocycles. The summed E-state index contributed by atoms with van der Waals surface area (Å²) in [6, 6.07) is 7.81. The van der Waals surface area contributed by atoms with Crippen LogP contribution in [0.5, 0.6) is 5.75 Å². The van der Waals surface area contributed by atoms with E-state index in [1.165, 1.54) is 12.1 Å². The van der Waals surface area contributed by atoms with E-state index in [1.807, 2.05) is 0 Å². The molecule has 3 aromatic rings. The second-order valence-corrected chi connectivity index (χ2v) is 6.16. The van der Waals surface area contributed by atoms with Gasteiger partial charge in [-0.1, -0.05) is 29.3 Å². The topological polar surface area (TPSA) is 63.7 Å². The highest BCUT2D eigenvalue weighted by Gasteiger charge is 2.15. The predicted octanol–water partition coefficient (Wildman–Crippen LogP) is 4.65. The van der Waals surface area contributed by atoms with E-state index in [-0.39, 0.29) is 12.2 Å². The third-order valence-electron chi connectivity index (χ3n) is 3.02. The first-order chi connectivity index (χ1) is 11.1. The lowest BCUT2D eigenvalue weighted by Crippen LogP contribution is -2.01. The fourth-order valence-corrected chi connectivity index (χ4v) is 3.11. The van der Waals surface area contributed by atoms with E-state index in [0.29, 0.717) is 31.7 Å². The number of rotatable bonds is 4. The van der Waals surface area contributed by atoms with Crippen molar-refractivity contribution in [2.75, 3.05) is 0 Å². The van der Waals surface area contributed by atoms with Crippen LogP contribution in [0.2, 0.25) is 10.0 Å². The van der Waals surface area contributed by atoms with Gasteiger partial charge in [0.05, 0.1) is 14.5 Å². The summed E-state index contributed by atoms with van der Waals surface area (Å²) in [4.78, 5) is 0. The molecule has 0 bridgehead atoms. The van der Waals surface area contributed by atoms with Crippen molar-refractivity contribution >= 4 is 39.1 Å². The van der Waals surface area contributed by atoms with Crippen LogP contribution in [0.25, 0.3) is 11.4 Å². The summed E-state index contributed by atoms with van der Waals surface area (Å²) in [7, 11) is 0. The number of H-pyrrole nitrogens is 1. The first-order valence-electron chi connectivity index (χ1n) is 6.35. The molecule has 0 aliphatic carbocycles. The Morgan fingerprint density at radius 3 is 2.70 bits per heavy atom. The van der Waals surface area contributed by atoms with Crippen molar-refractivity contribution in [2.45, 2.75) is 6.61 Å². The Balaban J connectivity index is 1.86. The Bertz CT molecular complexity index is 802. The number of hydrogen-bond acceptors (Lipinski definition) is 4. The van der Waals surface area contributed by atoms with E-state index in [9.17, 15) is 4.39 Å². The van der Waals surface area contributed by atoms with Gasteiger partial charge in [0, 0.05) is 11.1 Å². The molecule has 0 unspecified atom stereocenters. The molecule has 0 radical (unpaired) electrons. The van der Waals surface area contributed by atoms with Gasteiger partial charge in [-0.3, -0.25) is 0 Å². The largest absolute Gasteiger partial charge is 0.486 e. The predicted molar refractivity (Wildman–Crippen MR) is 88.1 cm³/mol. The molecule has 1 aromatic heterocycles. The third-order valence-corrected chi connectivity index (χ3v) is 4.25. The van der Waals surface area contributed by atoms with Gasteiger partial charge in [-0.25, -0.2) is 4.39 Å². The van der Waals surface area contributed by atoms with Gasteiger partial charge >= 0.3 is 0 Å². The summed E-state index contributed by atoms with van der Waals surface area (Å²) < 4.78 is 20.0.